The molecule has 14 heteroatoms. The molecule has 200 valence electrons. The fraction of sp³-hybridized carbons (Fsp3) is 0.208. The zero-order valence-corrected chi connectivity index (χ0v) is 18.9. The molecule has 1 aliphatic carbocycles. The molecule has 0 atom stereocenters. The summed E-state index contributed by atoms with van der Waals surface area (Å²) in [5, 5.41) is 2.17. The lowest BCUT2D eigenvalue weighted by Crippen LogP contribution is -2.19. The largest absolute Gasteiger partial charge is 0.573 e. The quantitative estimate of drug-likeness (QED) is 0.348. The minimum Gasteiger partial charge on any atom is -0.456 e. The second-order valence-electron chi connectivity index (χ2n) is 8.17. The van der Waals surface area contributed by atoms with Crippen molar-refractivity contribution < 1.29 is 49.8 Å². The Bertz CT molecular complexity index is 1390. The van der Waals surface area contributed by atoms with Crippen LogP contribution in [0, 0.1) is 5.82 Å². The second-order valence-corrected chi connectivity index (χ2v) is 8.17. The topological polar surface area (TPSA) is 104 Å². The average molecular weight is 543 g/mol. The normalized spacial score (nSPS) is 13.7. The summed E-state index contributed by atoms with van der Waals surface area (Å²) in [6, 6.07) is 6.46. The van der Waals surface area contributed by atoms with Crippen LogP contribution in [0.3, 0.4) is 0 Å². The van der Waals surface area contributed by atoms with E-state index in [1.807, 2.05) is 0 Å². The van der Waals surface area contributed by atoms with Crippen molar-refractivity contribution in [3.05, 3.63) is 76.9 Å². The molecule has 1 fully saturated rings. The highest BCUT2D eigenvalue weighted by atomic mass is 19.4. The minimum atomic E-state index is -5.15. The monoisotopic (exact) mass is 543 g/mol. The number of primary amides is 1. The van der Waals surface area contributed by atoms with E-state index in [9.17, 15) is 35.9 Å². The summed E-state index contributed by atoms with van der Waals surface area (Å²) in [5.41, 5.74) is 2.20. The van der Waals surface area contributed by atoms with Crippen LogP contribution in [0.15, 0.2) is 48.7 Å². The number of carbonyl (C=O) groups is 2. The maximum atomic E-state index is 15.1. The molecule has 1 aliphatic rings. The van der Waals surface area contributed by atoms with Crippen LogP contribution in [0.1, 0.15) is 50.7 Å². The van der Waals surface area contributed by atoms with E-state index in [0.29, 0.717) is 18.9 Å². The van der Waals surface area contributed by atoms with Crippen molar-refractivity contribution in [2.75, 3.05) is 5.32 Å². The standard InChI is InChI=1S/C24H16F7N3O4/c25-20-15(23(26,27)28)5-8-18(19(20)22(36)34-12-3-6-16(21(32)35)33-10-12)37-17-7-4-13(38-24(29,30)31)9-14(17)11-1-2-11/h3-11H,1-2H2,(H2,32,35)(H,34,36). The van der Waals surface area contributed by atoms with Gasteiger partial charge in [0.15, 0.2) is 5.82 Å². The highest BCUT2D eigenvalue weighted by molar-refractivity contribution is 6.06. The van der Waals surface area contributed by atoms with Crippen molar-refractivity contribution in [3.8, 4) is 17.2 Å². The van der Waals surface area contributed by atoms with E-state index in [1.54, 1.807) is 0 Å². The van der Waals surface area contributed by atoms with Crippen molar-refractivity contribution in [2.24, 2.45) is 5.73 Å². The predicted molar refractivity (Wildman–Crippen MR) is 117 cm³/mol. The van der Waals surface area contributed by atoms with Crippen LogP contribution >= 0.6 is 0 Å². The number of hydrogen-bond acceptors (Lipinski definition) is 5. The molecule has 1 saturated carbocycles. The molecule has 2 amide bonds. The molecular weight excluding hydrogens is 527 g/mol. The van der Waals surface area contributed by atoms with E-state index in [1.165, 1.54) is 6.07 Å². The molecule has 0 aliphatic heterocycles. The van der Waals surface area contributed by atoms with Crippen molar-refractivity contribution in [3.63, 3.8) is 0 Å². The lowest BCUT2D eigenvalue weighted by atomic mass is 10.1. The van der Waals surface area contributed by atoms with E-state index in [2.05, 4.69) is 15.0 Å². The molecule has 3 N–H and O–H groups in total. The van der Waals surface area contributed by atoms with E-state index in [-0.39, 0.29) is 28.6 Å². The molecular formula is C24H16F7N3O4. The highest BCUT2D eigenvalue weighted by Crippen LogP contribution is 2.47. The zero-order valence-electron chi connectivity index (χ0n) is 18.9. The number of pyridine rings is 1. The summed E-state index contributed by atoms with van der Waals surface area (Å²) in [4.78, 5) is 27.8. The van der Waals surface area contributed by atoms with Crippen LogP contribution in [0.25, 0.3) is 0 Å². The van der Waals surface area contributed by atoms with Gasteiger partial charge in [-0.05, 0) is 61.2 Å². The van der Waals surface area contributed by atoms with E-state index >= 15 is 4.39 Å². The van der Waals surface area contributed by atoms with Crippen LogP contribution < -0.4 is 20.5 Å². The number of nitrogens with one attached hydrogen (secondary N) is 1. The van der Waals surface area contributed by atoms with Gasteiger partial charge >= 0.3 is 12.5 Å². The third-order valence-corrected chi connectivity index (χ3v) is 5.36. The third-order valence-electron chi connectivity index (χ3n) is 5.36. The fourth-order valence-electron chi connectivity index (χ4n) is 3.53. The van der Waals surface area contributed by atoms with Gasteiger partial charge in [0.2, 0.25) is 0 Å². The Labute approximate surface area is 209 Å². The number of halogens is 7. The van der Waals surface area contributed by atoms with Crippen LogP contribution in [0.4, 0.5) is 36.4 Å². The molecule has 7 nitrogen and oxygen atoms in total. The van der Waals surface area contributed by atoms with E-state index in [0.717, 1.165) is 36.5 Å². The van der Waals surface area contributed by atoms with Gasteiger partial charge in [-0.15, -0.1) is 13.2 Å². The number of benzene rings is 2. The number of nitrogens with two attached hydrogens (primary N) is 1. The molecule has 4 rings (SSSR count). The molecule has 0 spiro atoms. The number of carbonyl (C=O) groups excluding carboxylic acids is 2. The summed E-state index contributed by atoms with van der Waals surface area (Å²) in [6.07, 6.45) is -7.95. The molecule has 3 aromatic rings. The smallest absolute Gasteiger partial charge is 0.456 e. The van der Waals surface area contributed by atoms with Gasteiger partial charge in [0.05, 0.1) is 17.4 Å². The Hall–Kier alpha value is -4.36. The summed E-state index contributed by atoms with van der Waals surface area (Å²) in [5.74, 6) is -5.64. The number of ether oxygens (including phenoxy) is 2. The van der Waals surface area contributed by atoms with Gasteiger partial charge < -0.3 is 20.5 Å². The molecule has 0 saturated heterocycles. The number of hydrogen-bond donors (Lipinski definition) is 2. The van der Waals surface area contributed by atoms with Gasteiger partial charge in [-0.1, -0.05) is 0 Å². The van der Waals surface area contributed by atoms with Crippen molar-refractivity contribution in [2.45, 2.75) is 31.3 Å². The maximum Gasteiger partial charge on any atom is 0.573 e. The first kappa shape index (κ1) is 26.7. The Balaban J connectivity index is 1.72. The zero-order chi connectivity index (χ0) is 27.8. The van der Waals surface area contributed by atoms with Crippen LogP contribution in [0.5, 0.6) is 17.2 Å². The Morgan fingerprint density at radius 1 is 0.974 bits per heavy atom. The summed E-state index contributed by atoms with van der Waals surface area (Å²) in [6.45, 7) is 0. The number of aromatic nitrogens is 1. The van der Waals surface area contributed by atoms with Crippen molar-refractivity contribution in [1.29, 1.82) is 0 Å². The van der Waals surface area contributed by atoms with Gasteiger partial charge in [-0.2, -0.15) is 13.2 Å². The Morgan fingerprint density at radius 3 is 2.21 bits per heavy atom. The van der Waals surface area contributed by atoms with Gasteiger partial charge in [-0.3, -0.25) is 9.59 Å². The van der Waals surface area contributed by atoms with Gasteiger partial charge in [0.1, 0.15) is 28.5 Å². The van der Waals surface area contributed by atoms with Crippen LogP contribution in [-0.2, 0) is 6.18 Å². The van der Waals surface area contributed by atoms with Crippen molar-refractivity contribution in [1.82, 2.24) is 4.98 Å². The summed E-state index contributed by atoms with van der Waals surface area (Å²) >= 11 is 0. The number of alkyl halides is 6. The fourth-order valence-corrected chi connectivity index (χ4v) is 3.53. The highest BCUT2D eigenvalue weighted by Gasteiger charge is 2.38. The van der Waals surface area contributed by atoms with Gasteiger partial charge in [0, 0.05) is 5.56 Å². The maximum absolute atomic E-state index is 15.1. The third kappa shape index (κ3) is 6.12. The Morgan fingerprint density at radius 2 is 1.66 bits per heavy atom. The van der Waals surface area contributed by atoms with Crippen LogP contribution in [-0.4, -0.2) is 23.2 Å². The molecule has 38 heavy (non-hydrogen) atoms. The number of rotatable bonds is 7. The number of anilines is 1. The molecule has 2 aromatic carbocycles. The van der Waals surface area contributed by atoms with Crippen LogP contribution in [0.2, 0.25) is 0 Å². The number of nitrogens with zero attached hydrogens (tertiary/aromatic N) is 1. The lowest BCUT2D eigenvalue weighted by molar-refractivity contribution is -0.274. The first-order valence-corrected chi connectivity index (χ1v) is 10.8. The first-order valence-electron chi connectivity index (χ1n) is 10.8. The van der Waals surface area contributed by atoms with E-state index < -0.39 is 52.8 Å². The summed E-state index contributed by atoms with van der Waals surface area (Å²) < 4.78 is 103. The Kier molecular flexibility index (Phi) is 6.91. The molecule has 0 unspecified atom stereocenters. The van der Waals surface area contributed by atoms with Gasteiger partial charge in [-0.25, -0.2) is 9.37 Å². The molecule has 0 radical (unpaired) electrons. The number of amides is 2. The SMILES string of the molecule is NC(=O)c1ccc(NC(=O)c2c(Oc3ccc(OC(F)(F)F)cc3C3CC3)ccc(C(F)(F)F)c2F)cn1. The average Bonchev–Trinajstić information content (AvgIpc) is 3.64. The molecule has 0 bridgehead atoms. The summed E-state index contributed by atoms with van der Waals surface area (Å²) in [7, 11) is 0. The second kappa shape index (κ2) is 9.84. The van der Waals surface area contributed by atoms with E-state index in [4.69, 9.17) is 10.5 Å². The lowest BCUT2D eigenvalue weighted by Gasteiger charge is -2.18. The predicted octanol–water partition coefficient (Wildman–Crippen LogP) is 6.16. The minimum absolute atomic E-state index is 0.0947. The van der Waals surface area contributed by atoms with Crippen molar-refractivity contribution >= 4 is 17.5 Å². The molecule has 1 heterocycles. The first-order chi connectivity index (χ1) is 17.7. The van der Waals surface area contributed by atoms with Gasteiger partial charge in [0.25, 0.3) is 11.8 Å². The molecule has 1 aromatic heterocycles.